The number of rotatable bonds is 4. The van der Waals surface area contributed by atoms with Crippen molar-refractivity contribution < 1.29 is 9.59 Å². The Morgan fingerprint density at radius 3 is 2.14 bits per heavy atom. The van der Waals surface area contributed by atoms with Crippen molar-refractivity contribution in [2.24, 2.45) is 11.5 Å². The summed E-state index contributed by atoms with van der Waals surface area (Å²) >= 11 is 0. The third-order valence-corrected chi connectivity index (χ3v) is 1.04. The molecule has 3 amide bonds. The molecule has 0 saturated heterocycles. The number of nitrogens with two attached hydrogens (primary N) is 2. The van der Waals surface area contributed by atoms with Crippen molar-refractivity contribution in [3.63, 3.8) is 0 Å². The summed E-state index contributed by atoms with van der Waals surface area (Å²) in [5, 5.41) is 2.65. The van der Waals surface area contributed by atoms with Gasteiger partial charge in [-0.25, -0.2) is 4.79 Å². The molecule has 80 valence electrons. The van der Waals surface area contributed by atoms with E-state index in [-0.39, 0.29) is 5.91 Å². The number of amides is 3. The third kappa shape index (κ3) is 22.5. The first-order chi connectivity index (χ1) is 6.40. The minimum atomic E-state index is -0.833. The van der Waals surface area contributed by atoms with Gasteiger partial charge in [-0.15, -0.1) is 6.58 Å². The standard InChI is InChI=1S/C8H13NO.CH4N2O/c1-4-8(10)9-6-5-7(2)3;2-1(3)4/h4H,1-2,5-6H2,3H3,(H,9,10);(H4,2,3,4). The lowest BCUT2D eigenvalue weighted by atomic mass is 10.2. The van der Waals surface area contributed by atoms with Crippen LogP contribution in [0.1, 0.15) is 13.3 Å². The zero-order chi connectivity index (χ0) is 11.6. The zero-order valence-corrected chi connectivity index (χ0v) is 8.38. The van der Waals surface area contributed by atoms with Gasteiger partial charge < -0.3 is 16.8 Å². The molecule has 0 radical (unpaired) electrons. The van der Waals surface area contributed by atoms with Crippen LogP contribution in [0.25, 0.3) is 0 Å². The first-order valence-corrected chi connectivity index (χ1v) is 3.99. The van der Waals surface area contributed by atoms with Crippen molar-refractivity contribution in [3.8, 4) is 0 Å². The average Bonchev–Trinajstić information content (AvgIpc) is 2.02. The SMILES string of the molecule is C=CC(=O)NCCC(=C)C.NC(N)=O. The second-order valence-electron chi connectivity index (χ2n) is 2.60. The molecule has 0 saturated carbocycles. The van der Waals surface area contributed by atoms with Gasteiger partial charge in [0.05, 0.1) is 0 Å². The molecule has 0 heterocycles. The molecule has 0 aromatic carbocycles. The molecule has 0 fully saturated rings. The van der Waals surface area contributed by atoms with Crippen molar-refractivity contribution >= 4 is 11.9 Å². The van der Waals surface area contributed by atoms with Crippen molar-refractivity contribution in [1.29, 1.82) is 0 Å². The maximum absolute atomic E-state index is 10.5. The lowest BCUT2D eigenvalue weighted by molar-refractivity contribution is -0.116. The smallest absolute Gasteiger partial charge is 0.309 e. The fourth-order valence-electron chi connectivity index (χ4n) is 0.471. The van der Waals surface area contributed by atoms with E-state index in [1.54, 1.807) is 0 Å². The first kappa shape index (κ1) is 14.7. The largest absolute Gasteiger partial charge is 0.352 e. The molecule has 0 unspecified atom stereocenters. The first-order valence-electron chi connectivity index (χ1n) is 3.99. The van der Waals surface area contributed by atoms with Gasteiger partial charge >= 0.3 is 6.03 Å². The molecule has 0 spiro atoms. The Bertz CT molecular complexity index is 220. The Morgan fingerprint density at radius 2 is 1.86 bits per heavy atom. The van der Waals surface area contributed by atoms with Gasteiger partial charge in [-0.3, -0.25) is 4.79 Å². The topological polar surface area (TPSA) is 98.2 Å². The lowest BCUT2D eigenvalue weighted by Gasteiger charge is -1.99. The van der Waals surface area contributed by atoms with Gasteiger partial charge in [0.2, 0.25) is 5.91 Å². The van der Waals surface area contributed by atoms with Crippen LogP contribution in [-0.4, -0.2) is 18.5 Å². The Kier molecular flexibility index (Phi) is 9.79. The average molecular weight is 199 g/mol. The van der Waals surface area contributed by atoms with E-state index in [4.69, 9.17) is 4.79 Å². The quantitative estimate of drug-likeness (QED) is 0.447. The second-order valence-corrected chi connectivity index (χ2v) is 2.60. The van der Waals surface area contributed by atoms with E-state index in [1.165, 1.54) is 6.08 Å². The van der Waals surface area contributed by atoms with Crippen molar-refractivity contribution in [2.45, 2.75) is 13.3 Å². The molecule has 0 aromatic heterocycles. The van der Waals surface area contributed by atoms with E-state index in [9.17, 15) is 4.79 Å². The molecule has 0 aromatic rings. The van der Waals surface area contributed by atoms with Crippen molar-refractivity contribution in [1.82, 2.24) is 5.32 Å². The highest BCUT2D eigenvalue weighted by Gasteiger charge is 1.91. The Labute approximate surface area is 83.8 Å². The van der Waals surface area contributed by atoms with E-state index in [1.807, 2.05) is 6.92 Å². The van der Waals surface area contributed by atoms with Gasteiger partial charge in [-0.05, 0) is 19.4 Å². The van der Waals surface area contributed by atoms with Gasteiger partial charge in [0.25, 0.3) is 0 Å². The fourth-order valence-corrected chi connectivity index (χ4v) is 0.471. The van der Waals surface area contributed by atoms with Gasteiger partial charge in [0, 0.05) is 6.54 Å². The van der Waals surface area contributed by atoms with Crippen LogP contribution in [-0.2, 0) is 4.79 Å². The van der Waals surface area contributed by atoms with Crippen molar-refractivity contribution in [2.75, 3.05) is 6.54 Å². The lowest BCUT2D eigenvalue weighted by Crippen LogP contribution is -2.21. The molecule has 14 heavy (non-hydrogen) atoms. The molecular formula is C9H17N3O2. The highest BCUT2D eigenvalue weighted by atomic mass is 16.2. The van der Waals surface area contributed by atoms with Crippen LogP contribution >= 0.6 is 0 Å². The molecule has 0 rings (SSSR count). The number of carbonyl (C=O) groups excluding carboxylic acids is 2. The van der Waals surface area contributed by atoms with E-state index >= 15 is 0 Å². The molecule has 5 nitrogen and oxygen atoms in total. The number of hydrogen-bond acceptors (Lipinski definition) is 2. The maximum Gasteiger partial charge on any atom is 0.309 e. The normalized spacial score (nSPS) is 7.79. The third-order valence-electron chi connectivity index (χ3n) is 1.04. The number of urea groups is 1. The van der Waals surface area contributed by atoms with E-state index in [0.717, 1.165) is 12.0 Å². The summed E-state index contributed by atoms with van der Waals surface area (Å²) < 4.78 is 0. The summed E-state index contributed by atoms with van der Waals surface area (Å²) in [5.41, 5.74) is 9.57. The van der Waals surface area contributed by atoms with Crippen LogP contribution < -0.4 is 16.8 Å². The van der Waals surface area contributed by atoms with Crippen molar-refractivity contribution in [3.05, 3.63) is 24.8 Å². The molecule has 0 aliphatic carbocycles. The van der Waals surface area contributed by atoms with Crippen LogP contribution in [0.15, 0.2) is 24.8 Å². The molecule has 0 aliphatic rings. The maximum atomic E-state index is 10.5. The number of primary amides is 2. The number of nitrogens with one attached hydrogen (secondary N) is 1. The monoisotopic (exact) mass is 199 g/mol. The highest BCUT2D eigenvalue weighted by Crippen LogP contribution is 1.91. The van der Waals surface area contributed by atoms with Crippen LogP contribution in [0.3, 0.4) is 0 Å². The summed E-state index contributed by atoms with van der Waals surface area (Å²) in [5.74, 6) is -0.124. The molecule has 5 heteroatoms. The fraction of sp³-hybridized carbons (Fsp3) is 0.333. The molecule has 5 N–H and O–H groups in total. The zero-order valence-electron chi connectivity index (χ0n) is 8.38. The molecular weight excluding hydrogens is 182 g/mol. The Hall–Kier alpha value is -1.78. The van der Waals surface area contributed by atoms with Crippen LogP contribution in [0.2, 0.25) is 0 Å². The van der Waals surface area contributed by atoms with E-state index in [2.05, 4.69) is 29.9 Å². The predicted molar refractivity (Wildman–Crippen MR) is 56.4 cm³/mol. The second kappa shape index (κ2) is 9.31. The summed E-state index contributed by atoms with van der Waals surface area (Å²) in [6, 6.07) is -0.833. The molecule has 0 aliphatic heterocycles. The summed E-state index contributed by atoms with van der Waals surface area (Å²) in [6.45, 7) is 9.61. The van der Waals surface area contributed by atoms with Gasteiger partial charge in [-0.1, -0.05) is 12.2 Å². The summed E-state index contributed by atoms with van der Waals surface area (Å²) in [6.07, 6.45) is 2.10. The minimum absolute atomic E-state index is 0.124. The molecule has 0 bridgehead atoms. The number of carbonyl (C=O) groups is 2. The summed E-state index contributed by atoms with van der Waals surface area (Å²) in [4.78, 5) is 19.5. The van der Waals surface area contributed by atoms with Crippen LogP contribution in [0.4, 0.5) is 4.79 Å². The van der Waals surface area contributed by atoms with Crippen LogP contribution in [0, 0.1) is 0 Å². The highest BCUT2D eigenvalue weighted by molar-refractivity contribution is 5.86. The van der Waals surface area contributed by atoms with E-state index in [0.29, 0.717) is 6.54 Å². The Balaban J connectivity index is 0. The van der Waals surface area contributed by atoms with Gasteiger partial charge in [0.15, 0.2) is 0 Å². The molecule has 0 atom stereocenters. The summed E-state index contributed by atoms with van der Waals surface area (Å²) in [7, 11) is 0. The van der Waals surface area contributed by atoms with Gasteiger partial charge in [0.1, 0.15) is 0 Å². The van der Waals surface area contributed by atoms with Gasteiger partial charge in [-0.2, -0.15) is 0 Å². The Morgan fingerprint density at radius 1 is 1.43 bits per heavy atom. The minimum Gasteiger partial charge on any atom is -0.352 e. The number of hydrogen-bond donors (Lipinski definition) is 3. The van der Waals surface area contributed by atoms with Crippen LogP contribution in [0.5, 0.6) is 0 Å². The predicted octanol–water partition coefficient (Wildman–Crippen LogP) is 0.279. The van der Waals surface area contributed by atoms with E-state index < -0.39 is 6.03 Å².